The van der Waals surface area contributed by atoms with Gasteiger partial charge in [-0.3, -0.25) is 4.79 Å². The molecule has 1 fully saturated rings. The van der Waals surface area contributed by atoms with E-state index in [1.807, 2.05) is 30.3 Å². The van der Waals surface area contributed by atoms with Gasteiger partial charge in [-0.05, 0) is 18.4 Å². The molecule has 92 valence electrons. The number of nitrogens with one attached hydrogen (secondary N) is 1. The predicted molar refractivity (Wildman–Crippen MR) is 63.4 cm³/mol. The highest BCUT2D eigenvalue weighted by Crippen LogP contribution is 2.16. The van der Waals surface area contributed by atoms with Gasteiger partial charge >= 0.3 is 0 Å². The average Bonchev–Trinajstić information content (AvgIpc) is 2.90. The van der Waals surface area contributed by atoms with Crippen LogP contribution in [0.5, 0.6) is 0 Å². The smallest absolute Gasteiger partial charge is 0.249 e. The van der Waals surface area contributed by atoms with Crippen molar-refractivity contribution >= 4 is 5.91 Å². The monoisotopic (exact) mass is 235 g/mol. The van der Waals surface area contributed by atoms with E-state index in [1.54, 1.807) is 0 Å². The molecule has 4 nitrogen and oxygen atoms in total. The molecular weight excluding hydrogens is 218 g/mol. The number of carbonyl (C=O) groups is 1. The van der Waals surface area contributed by atoms with Gasteiger partial charge in [0, 0.05) is 6.61 Å². The molecule has 1 aromatic carbocycles. The van der Waals surface area contributed by atoms with Crippen molar-refractivity contribution in [1.82, 2.24) is 5.32 Å². The number of aliphatic hydroxyl groups is 1. The Bertz CT molecular complexity index is 360. The van der Waals surface area contributed by atoms with Crippen molar-refractivity contribution in [3.8, 4) is 0 Å². The predicted octanol–water partition coefficient (Wildman–Crippen LogP) is 1.02. The van der Waals surface area contributed by atoms with Crippen LogP contribution in [-0.2, 0) is 9.53 Å². The lowest BCUT2D eigenvalue weighted by Crippen LogP contribution is -2.38. The van der Waals surface area contributed by atoms with Gasteiger partial charge in [0.25, 0.3) is 0 Å². The summed E-state index contributed by atoms with van der Waals surface area (Å²) in [6, 6.07) is 9.09. The highest BCUT2D eigenvalue weighted by Gasteiger charge is 2.25. The maximum Gasteiger partial charge on any atom is 0.249 e. The average molecular weight is 235 g/mol. The highest BCUT2D eigenvalue weighted by molar-refractivity contribution is 5.81. The van der Waals surface area contributed by atoms with E-state index >= 15 is 0 Å². The van der Waals surface area contributed by atoms with Crippen LogP contribution in [0.3, 0.4) is 0 Å². The Balaban J connectivity index is 1.97. The standard InChI is InChI=1S/C13H17NO3/c15-9-11(10-5-2-1-3-6-10)14-13(16)12-7-4-8-17-12/h1-3,5-6,11-12,15H,4,7-9H2,(H,14,16)/t11?,12-/m1/s1. The second kappa shape index (κ2) is 5.80. The van der Waals surface area contributed by atoms with E-state index in [-0.39, 0.29) is 24.7 Å². The van der Waals surface area contributed by atoms with Crippen molar-refractivity contribution in [1.29, 1.82) is 0 Å². The summed E-state index contributed by atoms with van der Waals surface area (Å²) in [6.07, 6.45) is 1.33. The third kappa shape index (κ3) is 3.05. The van der Waals surface area contributed by atoms with Crippen molar-refractivity contribution in [2.75, 3.05) is 13.2 Å². The quantitative estimate of drug-likeness (QED) is 0.819. The second-order valence-electron chi connectivity index (χ2n) is 4.16. The minimum atomic E-state index is -0.354. The van der Waals surface area contributed by atoms with Crippen LogP contribution in [0.1, 0.15) is 24.4 Å². The Labute approximate surface area is 101 Å². The number of aliphatic hydroxyl groups excluding tert-OH is 1. The lowest BCUT2D eigenvalue weighted by Gasteiger charge is -2.19. The number of amides is 1. The molecule has 2 rings (SSSR count). The van der Waals surface area contributed by atoms with Gasteiger partial charge in [0.05, 0.1) is 12.6 Å². The normalized spacial score (nSPS) is 21.1. The molecule has 1 heterocycles. The molecule has 0 saturated carbocycles. The highest BCUT2D eigenvalue weighted by atomic mass is 16.5. The second-order valence-corrected chi connectivity index (χ2v) is 4.16. The summed E-state index contributed by atoms with van der Waals surface area (Å²) in [7, 11) is 0. The van der Waals surface area contributed by atoms with Crippen molar-refractivity contribution in [2.45, 2.75) is 25.0 Å². The van der Waals surface area contributed by atoms with Gasteiger partial charge in [-0.25, -0.2) is 0 Å². The molecule has 0 radical (unpaired) electrons. The van der Waals surface area contributed by atoms with Gasteiger partial charge in [-0.15, -0.1) is 0 Å². The van der Waals surface area contributed by atoms with Crippen LogP contribution in [0, 0.1) is 0 Å². The molecule has 1 amide bonds. The zero-order valence-electron chi connectivity index (χ0n) is 9.63. The largest absolute Gasteiger partial charge is 0.394 e. The van der Waals surface area contributed by atoms with E-state index < -0.39 is 0 Å². The summed E-state index contributed by atoms with van der Waals surface area (Å²) in [5, 5.41) is 12.1. The SMILES string of the molecule is O=C(NC(CO)c1ccccc1)[C@H]1CCCO1. The molecule has 0 aromatic heterocycles. The Morgan fingerprint density at radius 3 is 2.82 bits per heavy atom. The van der Waals surface area contributed by atoms with Crippen LogP contribution >= 0.6 is 0 Å². The number of carbonyl (C=O) groups excluding carboxylic acids is 1. The summed E-state index contributed by atoms with van der Waals surface area (Å²) in [5.41, 5.74) is 0.904. The maximum absolute atomic E-state index is 11.8. The molecule has 4 heteroatoms. The van der Waals surface area contributed by atoms with Crippen LogP contribution in [-0.4, -0.2) is 30.3 Å². The van der Waals surface area contributed by atoms with Gasteiger partial charge in [0.1, 0.15) is 6.10 Å². The van der Waals surface area contributed by atoms with E-state index in [4.69, 9.17) is 4.74 Å². The fourth-order valence-electron chi connectivity index (χ4n) is 1.97. The zero-order valence-corrected chi connectivity index (χ0v) is 9.63. The van der Waals surface area contributed by atoms with Crippen LogP contribution in [0.25, 0.3) is 0 Å². The number of rotatable bonds is 4. The van der Waals surface area contributed by atoms with Crippen LogP contribution in [0.4, 0.5) is 0 Å². The van der Waals surface area contributed by atoms with Crippen molar-refractivity contribution in [3.05, 3.63) is 35.9 Å². The van der Waals surface area contributed by atoms with E-state index in [9.17, 15) is 9.90 Å². The number of benzene rings is 1. The molecule has 1 aliphatic rings. The first-order valence-corrected chi connectivity index (χ1v) is 5.89. The van der Waals surface area contributed by atoms with E-state index in [2.05, 4.69) is 5.32 Å². The molecule has 1 unspecified atom stereocenters. The number of hydrogen-bond acceptors (Lipinski definition) is 3. The molecule has 2 atom stereocenters. The molecule has 2 N–H and O–H groups in total. The minimum Gasteiger partial charge on any atom is -0.394 e. The Kier molecular flexibility index (Phi) is 4.12. The third-order valence-electron chi connectivity index (χ3n) is 2.92. The number of hydrogen-bond donors (Lipinski definition) is 2. The molecular formula is C13H17NO3. The number of ether oxygens (including phenoxy) is 1. The van der Waals surface area contributed by atoms with Crippen molar-refractivity contribution in [2.24, 2.45) is 0 Å². The van der Waals surface area contributed by atoms with Crippen molar-refractivity contribution < 1.29 is 14.6 Å². The van der Waals surface area contributed by atoms with E-state index in [0.717, 1.165) is 18.4 Å². The first kappa shape index (κ1) is 12.1. The van der Waals surface area contributed by atoms with Gasteiger partial charge < -0.3 is 15.2 Å². The Hall–Kier alpha value is -1.39. The van der Waals surface area contributed by atoms with E-state index in [0.29, 0.717) is 6.61 Å². The van der Waals surface area contributed by atoms with Crippen LogP contribution in [0.15, 0.2) is 30.3 Å². The van der Waals surface area contributed by atoms with E-state index in [1.165, 1.54) is 0 Å². The van der Waals surface area contributed by atoms with Crippen molar-refractivity contribution in [3.63, 3.8) is 0 Å². The zero-order chi connectivity index (χ0) is 12.1. The molecule has 1 aromatic rings. The lowest BCUT2D eigenvalue weighted by molar-refractivity contribution is -0.131. The first-order chi connectivity index (χ1) is 8.31. The molecule has 0 spiro atoms. The van der Waals surface area contributed by atoms with Crippen LogP contribution < -0.4 is 5.32 Å². The molecule has 1 aliphatic heterocycles. The lowest BCUT2D eigenvalue weighted by atomic mass is 10.1. The molecule has 0 aliphatic carbocycles. The molecule has 1 saturated heterocycles. The maximum atomic E-state index is 11.8. The first-order valence-electron chi connectivity index (χ1n) is 5.89. The molecule has 17 heavy (non-hydrogen) atoms. The fourth-order valence-corrected chi connectivity index (χ4v) is 1.97. The third-order valence-corrected chi connectivity index (χ3v) is 2.92. The Morgan fingerprint density at radius 2 is 2.24 bits per heavy atom. The van der Waals surface area contributed by atoms with Gasteiger partial charge in [0.2, 0.25) is 5.91 Å². The fraction of sp³-hybridized carbons (Fsp3) is 0.462. The summed E-state index contributed by atoms with van der Waals surface area (Å²) in [4.78, 5) is 11.8. The molecule has 0 bridgehead atoms. The summed E-state index contributed by atoms with van der Waals surface area (Å²) in [5.74, 6) is -0.134. The summed E-state index contributed by atoms with van der Waals surface area (Å²) < 4.78 is 5.30. The van der Waals surface area contributed by atoms with Crippen LogP contribution in [0.2, 0.25) is 0 Å². The summed E-state index contributed by atoms with van der Waals surface area (Å²) >= 11 is 0. The Morgan fingerprint density at radius 1 is 1.47 bits per heavy atom. The van der Waals surface area contributed by atoms with Gasteiger partial charge in [-0.2, -0.15) is 0 Å². The minimum absolute atomic E-state index is 0.109. The topological polar surface area (TPSA) is 58.6 Å². The van der Waals surface area contributed by atoms with Gasteiger partial charge in [0.15, 0.2) is 0 Å². The summed E-state index contributed by atoms with van der Waals surface area (Å²) in [6.45, 7) is 0.537. The van der Waals surface area contributed by atoms with Gasteiger partial charge in [-0.1, -0.05) is 30.3 Å².